The zero-order valence-electron chi connectivity index (χ0n) is 15.4. The first-order valence-corrected chi connectivity index (χ1v) is 9.66. The number of carbonyl (C=O) groups is 1. The number of hydrogen-bond acceptors (Lipinski definition) is 5. The molecule has 0 saturated heterocycles. The largest absolute Gasteiger partial charge is 0.369 e. The second kappa shape index (κ2) is 6.19. The fourth-order valence-electron chi connectivity index (χ4n) is 3.61. The number of nitrogen functional groups attached to an aromatic ring is 1. The SMILES string of the molecule is Nc1nc2c(c(=O)n(CC3CC3)c(=O)n2CC2CC2)n1C(=O)c1ccccc1. The summed E-state index contributed by atoms with van der Waals surface area (Å²) in [7, 11) is 0. The van der Waals surface area contributed by atoms with Gasteiger partial charge in [-0.25, -0.2) is 9.36 Å². The van der Waals surface area contributed by atoms with Crippen LogP contribution >= 0.6 is 0 Å². The molecule has 0 spiro atoms. The molecule has 2 aliphatic carbocycles. The second-order valence-corrected chi connectivity index (χ2v) is 7.84. The monoisotopic (exact) mass is 379 g/mol. The molecule has 0 aliphatic heterocycles. The zero-order valence-corrected chi connectivity index (χ0v) is 15.4. The lowest BCUT2D eigenvalue weighted by Crippen LogP contribution is -2.41. The Morgan fingerprint density at radius 1 is 1.00 bits per heavy atom. The zero-order chi connectivity index (χ0) is 19.4. The van der Waals surface area contributed by atoms with Crippen LogP contribution in [-0.4, -0.2) is 24.6 Å². The van der Waals surface area contributed by atoms with Crippen molar-refractivity contribution in [2.45, 2.75) is 38.8 Å². The van der Waals surface area contributed by atoms with Crippen molar-refractivity contribution in [2.24, 2.45) is 11.8 Å². The van der Waals surface area contributed by atoms with E-state index < -0.39 is 11.5 Å². The van der Waals surface area contributed by atoms with Crippen molar-refractivity contribution < 1.29 is 4.79 Å². The number of benzene rings is 1. The smallest absolute Gasteiger partial charge is 0.332 e. The van der Waals surface area contributed by atoms with Gasteiger partial charge in [-0.2, -0.15) is 4.98 Å². The van der Waals surface area contributed by atoms with E-state index in [4.69, 9.17) is 5.73 Å². The molecule has 0 amide bonds. The Kier molecular flexibility index (Phi) is 3.75. The number of nitrogens with two attached hydrogens (primary N) is 1. The summed E-state index contributed by atoms with van der Waals surface area (Å²) in [6.07, 6.45) is 4.12. The van der Waals surface area contributed by atoms with Crippen LogP contribution in [0.4, 0.5) is 5.95 Å². The molecule has 28 heavy (non-hydrogen) atoms. The van der Waals surface area contributed by atoms with Gasteiger partial charge < -0.3 is 5.73 Å². The molecule has 2 aromatic heterocycles. The molecule has 8 heteroatoms. The number of hydrogen-bond donors (Lipinski definition) is 1. The van der Waals surface area contributed by atoms with Crippen molar-refractivity contribution >= 4 is 23.0 Å². The summed E-state index contributed by atoms with van der Waals surface area (Å²) in [6.45, 7) is 0.874. The van der Waals surface area contributed by atoms with Crippen molar-refractivity contribution in [2.75, 3.05) is 5.73 Å². The Morgan fingerprint density at radius 2 is 1.61 bits per heavy atom. The maximum Gasteiger partial charge on any atom is 0.332 e. The molecule has 2 aliphatic rings. The minimum atomic E-state index is -0.493. The number of imidazole rings is 1. The van der Waals surface area contributed by atoms with E-state index in [2.05, 4.69) is 4.98 Å². The molecule has 3 aromatic rings. The quantitative estimate of drug-likeness (QED) is 0.722. The molecule has 2 saturated carbocycles. The van der Waals surface area contributed by atoms with Gasteiger partial charge in [0.2, 0.25) is 5.95 Å². The van der Waals surface area contributed by atoms with E-state index in [0.29, 0.717) is 30.5 Å². The third kappa shape index (κ3) is 2.76. The van der Waals surface area contributed by atoms with E-state index in [9.17, 15) is 14.4 Å². The lowest BCUT2D eigenvalue weighted by atomic mass is 10.2. The summed E-state index contributed by atoms with van der Waals surface area (Å²) in [5.41, 5.74) is 5.91. The summed E-state index contributed by atoms with van der Waals surface area (Å²) in [5.74, 6) is 0.251. The number of anilines is 1. The minimum Gasteiger partial charge on any atom is -0.369 e. The maximum atomic E-state index is 13.2. The van der Waals surface area contributed by atoms with E-state index in [1.54, 1.807) is 24.3 Å². The molecule has 0 unspecified atom stereocenters. The van der Waals surface area contributed by atoms with Crippen molar-refractivity contribution in [3.05, 3.63) is 56.7 Å². The van der Waals surface area contributed by atoms with Crippen LogP contribution in [0.2, 0.25) is 0 Å². The Hall–Kier alpha value is -3.16. The number of fused-ring (bicyclic) bond motifs is 1. The maximum absolute atomic E-state index is 13.2. The van der Waals surface area contributed by atoms with Crippen molar-refractivity contribution in [3.63, 3.8) is 0 Å². The number of aromatic nitrogens is 4. The van der Waals surface area contributed by atoms with Crippen LogP contribution in [0.15, 0.2) is 39.9 Å². The lowest BCUT2D eigenvalue weighted by molar-refractivity contribution is 0.0966. The highest BCUT2D eigenvalue weighted by Gasteiger charge is 2.30. The third-order valence-electron chi connectivity index (χ3n) is 5.55. The van der Waals surface area contributed by atoms with Crippen LogP contribution < -0.4 is 17.0 Å². The summed E-state index contributed by atoms with van der Waals surface area (Å²) < 4.78 is 3.94. The summed E-state index contributed by atoms with van der Waals surface area (Å²) >= 11 is 0. The van der Waals surface area contributed by atoms with E-state index in [1.807, 2.05) is 6.07 Å². The van der Waals surface area contributed by atoms with E-state index in [1.165, 1.54) is 9.13 Å². The summed E-state index contributed by atoms with van der Waals surface area (Å²) in [5, 5.41) is 0. The van der Waals surface area contributed by atoms with Gasteiger partial charge in [0.05, 0.1) is 0 Å². The average molecular weight is 379 g/mol. The second-order valence-electron chi connectivity index (χ2n) is 7.84. The molecule has 0 radical (unpaired) electrons. The standard InChI is InChI=1S/C20H21N5O3/c21-19-22-16-15(25(19)17(26)14-4-2-1-3-5-14)18(27)24(11-13-8-9-13)20(28)23(16)10-12-6-7-12/h1-5,12-13H,6-11H2,(H2,21,22). The average Bonchev–Trinajstić information content (AvgIpc) is 3.62. The van der Waals surface area contributed by atoms with Crippen LogP contribution in [0.25, 0.3) is 11.2 Å². The fraction of sp³-hybridized carbons (Fsp3) is 0.400. The summed E-state index contributed by atoms with van der Waals surface area (Å²) in [4.78, 5) is 43.6. The van der Waals surface area contributed by atoms with E-state index in [-0.39, 0.29) is 22.8 Å². The van der Waals surface area contributed by atoms with Gasteiger partial charge in [0.25, 0.3) is 11.5 Å². The molecule has 0 atom stereocenters. The van der Waals surface area contributed by atoms with Crippen LogP contribution in [-0.2, 0) is 13.1 Å². The predicted octanol–water partition coefficient (Wildman–Crippen LogP) is 1.45. The van der Waals surface area contributed by atoms with Gasteiger partial charge >= 0.3 is 5.69 Å². The topological polar surface area (TPSA) is 105 Å². The van der Waals surface area contributed by atoms with Crippen molar-refractivity contribution in [1.29, 1.82) is 0 Å². The molecule has 2 heterocycles. The first kappa shape index (κ1) is 17.0. The first-order chi connectivity index (χ1) is 13.5. The lowest BCUT2D eigenvalue weighted by Gasteiger charge is -2.12. The molecule has 0 bridgehead atoms. The van der Waals surface area contributed by atoms with Crippen LogP contribution in [0.1, 0.15) is 36.0 Å². The molecular weight excluding hydrogens is 358 g/mol. The van der Waals surface area contributed by atoms with Gasteiger partial charge in [-0.3, -0.25) is 18.7 Å². The first-order valence-electron chi connectivity index (χ1n) is 9.66. The van der Waals surface area contributed by atoms with Gasteiger partial charge in [-0.15, -0.1) is 0 Å². The van der Waals surface area contributed by atoms with Crippen LogP contribution in [0, 0.1) is 11.8 Å². The highest BCUT2D eigenvalue weighted by Crippen LogP contribution is 2.32. The number of nitrogens with zero attached hydrogens (tertiary/aromatic N) is 4. The van der Waals surface area contributed by atoms with Crippen LogP contribution in [0.3, 0.4) is 0 Å². The highest BCUT2D eigenvalue weighted by atomic mass is 16.2. The van der Waals surface area contributed by atoms with Gasteiger partial charge in [-0.05, 0) is 49.7 Å². The fourth-order valence-corrected chi connectivity index (χ4v) is 3.61. The van der Waals surface area contributed by atoms with Gasteiger partial charge in [0.15, 0.2) is 11.2 Å². The normalized spacial score (nSPS) is 16.6. The predicted molar refractivity (Wildman–Crippen MR) is 104 cm³/mol. The molecule has 2 fully saturated rings. The van der Waals surface area contributed by atoms with Crippen LogP contribution in [0.5, 0.6) is 0 Å². The molecule has 8 nitrogen and oxygen atoms in total. The Balaban J connectivity index is 1.77. The van der Waals surface area contributed by atoms with Gasteiger partial charge in [0.1, 0.15) is 0 Å². The van der Waals surface area contributed by atoms with E-state index in [0.717, 1.165) is 30.3 Å². The minimum absolute atomic E-state index is 0.0749. The summed E-state index contributed by atoms with van der Waals surface area (Å²) in [6, 6.07) is 8.63. The molecule has 144 valence electrons. The molecular formula is C20H21N5O3. The molecule has 1 aromatic carbocycles. The van der Waals surface area contributed by atoms with Crippen molar-refractivity contribution in [1.82, 2.24) is 18.7 Å². The molecule has 2 N–H and O–H groups in total. The molecule has 5 rings (SSSR count). The Bertz CT molecular complexity index is 1200. The Morgan fingerprint density at radius 3 is 2.21 bits per heavy atom. The number of rotatable bonds is 5. The van der Waals surface area contributed by atoms with E-state index >= 15 is 0 Å². The third-order valence-corrected chi connectivity index (χ3v) is 5.55. The van der Waals surface area contributed by atoms with Crippen molar-refractivity contribution in [3.8, 4) is 0 Å². The number of carbonyl (C=O) groups excluding carboxylic acids is 1. The Labute approximate surface area is 160 Å². The van der Waals surface area contributed by atoms with Gasteiger partial charge in [-0.1, -0.05) is 18.2 Å². The highest BCUT2D eigenvalue weighted by molar-refractivity contribution is 6.02. The van der Waals surface area contributed by atoms with Gasteiger partial charge in [0, 0.05) is 18.7 Å².